The molecule has 0 aliphatic rings. The Morgan fingerprint density at radius 2 is 1.40 bits per heavy atom. The molecule has 0 saturated heterocycles. The monoisotopic (exact) mass is 482 g/mol. The highest BCUT2D eigenvalue weighted by molar-refractivity contribution is 9.10. The molecule has 5 heteroatoms. The van der Waals surface area contributed by atoms with Gasteiger partial charge in [0.1, 0.15) is 11.6 Å². The average molecular weight is 485 g/mol. The van der Waals surface area contributed by atoms with Gasteiger partial charge in [0, 0.05) is 9.80 Å². The number of phenols is 1. The highest BCUT2D eigenvalue weighted by Crippen LogP contribution is 2.39. The third-order valence-corrected chi connectivity index (χ3v) is 5.16. The number of alkyl halides is 1. The topological polar surface area (TPSA) is 29.5 Å². The standard InChI is InChI=1S/C13H10BrClO2.C7H7Br/c14-10-6-7-11(16)13(12(10)15)17-8-9-4-2-1-3-5-9;8-6-7-4-2-1-3-5-7/h1-7,16H,8H2;1-5H,6H2. The molecule has 0 unspecified atom stereocenters. The molecule has 25 heavy (non-hydrogen) atoms. The van der Waals surface area contributed by atoms with Crippen LogP contribution in [-0.2, 0) is 11.9 Å². The predicted octanol–water partition coefficient (Wildman–Crippen LogP) is 6.97. The number of phenolic OH excluding ortho intramolecular Hbond substituents is 1. The fourth-order valence-corrected chi connectivity index (χ4v) is 2.86. The van der Waals surface area contributed by atoms with Gasteiger partial charge in [0.15, 0.2) is 11.5 Å². The van der Waals surface area contributed by atoms with E-state index in [-0.39, 0.29) is 5.75 Å². The molecule has 0 amide bonds. The molecule has 0 aliphatic carbocycles. The maximum atomic E-state index is 9.66. The third kappa shape index (κ3) is 6.38. The van der Waals surface area contributed by atoms with E-state index in [1.807, 2.05) is 48.5 Å². The van der Waals surface area contributed by atoms with Crippen LogP contribution in [0.2, 0.25) is 5.02 Å². The van der Waals surface area contributed by atoms with Gasteiger partial charge in [0.05, 0.1) is 0 Å². The fourth-order valence-electron chi connectivity index (χ4n) is 1.96. The van der Waals surface area contributed by atoms with Crippen LogP contribution in [0.5, 0.6) is 11.5 Å². The second kappa shape index (κ2) is 10.5. The summed E-state index contributed by atoms with van der Waals surface area (Å²) in [5.74, 6) is 0.332. The Labute approximate surface area is 169 Å². The molecular formula is C20H17Br2ClO2. The minimum Gasteiger partial charge on any atom is -0.504 e. The van der Waals surface area contributed by atoms with Crippen molar-refractivity contribution in [3.8, 4) is 11.5 Å². The lowest BCUT2D eigenvalue weighted by molar-refractivity contribution is 0.289. The highest BCUT2D eigenvalue weighted by atomic mass is 79.9. The molecule has 0 radical (unpaired) electrons. The molecular weight excluding hydrogens is 467 g/mol. The average Bonchev–Trinajstić information content (AvgIpc) is 2.67. The summed E-state index contributed by atoms with van der Waals surface area (Å²) in [6, 6.07) is 23.2. The van der Waals surface area contributed by atoms with E-state index in [1.54, 1.807) is 6.07 Å². The molecule has 2 nitrogen and oxygen atoms in total. The normalized spacial score (nSPS) is 9.88. The smallest absolute Gasteiger partial charge is 0.181 e. The molecule has 3 aromatic rings. The molecule has 3 rings (SSSR count). The van der Waals surface area contributed by atoms with Crippen molar-refractivity contribution in [2.75, 3.05) is 0 Å². The van der Waals surface area contributed by atoms with Crippen molar-refractivity contribution in [3.05, 3.63) is 93.4 Å². The Hall–Kier alpha value is -1.49. The predicted molar refractivity (Wildman–Crippen MR) is 111 cm³/mol. The summed E-state index contributed by atoms with van der Waals surface area (Å²) in [6.07, 6.45) is 0. The van der Waals surface area contributed by atoms with Gasteiger partial charge in [-0.3, -0.25) is 0 Å². The van der Waals surface area contributed by atoms with E-state index in [0.717, 1.165) is 10.9 Å². The Kier molecular flexibility index (Phi) is 8.32. The van der Waals surface area contributed by atoms with Gasteiger partial charge in [0.25, 0.3) is 0 Å². The summed E-state index contributed by atoms with van der Waals surface area (Å²) < 4.78 is 6.22. The first-order valence-corrected chi connectivity index (χ1v) is 9.84. The number of benzene rings is 3. The van der Waals surface area contributed by atoms with E-state index in [0.29, 0.717) is 21.9 Å². The molecule has 0 atom stereocenters. The first-order chi connectivity index (χ1) is 12.1. The van der Waals surface area contributed by atoms with Gasteiger partial charge in [-0.2, -0.15) is 0 Å². The van der Waals surface area contributed by atoms with Crippen molar-refractivity contribution in [1.82, 2.24) is 0 Å². The SMILES string of the molecule is BrCc1ccccc1.Oc1ccc(Br)c(Cl)c1OCc1ccccc1. The lowest BCUT2D eigenvalue weighted by atomic mass is 10.2. The van der Waals surface area contributed by atoms with Gasteiger partial charge in [0.2, 0.25) is 0 Å². The van der Waals surface area contributed by atoms with E-state index in [1.165, 1.54) is 11.6 Å². The summed E-state index contributed by atoms with van der Waals surface area (Å²) in [5.41, 5.74) is 2.34. The van der Waals surface area contributed by atoms with E-state index >= 15 is 0 Å². The van der Waals surface area contributed by atoms with Gasteiger partial charge in [-0.05, 0) is 39.2 Å². The first kappa shape index (κ1) is 19.8. The minimum absolute atomic E-state index is 0.0362. The summed E-state index contributed by atoms with van der Waals surface area (Å²) in [6.45, 7) is 0.366. The largest absolute Gasteiger partial charge is 0.504 e. The molecule has 0 heterocycles. The molecule has 0 saturated carbocycles. The number of aromatic hydroxyl groups is 1. The molecule has 0 aromatic heterocycles. The minimum atomic E-state index is 0.0362. The van der Waals surface area contributed by atoms with Crippen LogP contribution in [0.4, 0.5) is 0 Å². The zero-order chi connectivity index (χ0) is 18.1. The maximum absolute atomic E-state index is 9.66. The first-order valence-electron chi connectivity index (χ1n) is 7.55. The molecule has 3 aromatic carbocycles. The molecule has 130 valence electrons. The van der Waals surface area contributed by atoms with Crippen molar-refractivity contribution in [3.63, 3.8) is 0 Å². The Bertz CT molecular complexity index is 780. The van der Waals surface area contributed by atoms with Crippen LogP contribution in [0.15, 0.2) is 77.3 Å². The van der Waals surface area contributed by atoms with Crippen molar-refractivity contribution in [2.24, 2.45) is 0 Å². The van der Waals surface area contributed by atoms with E-state index in [9.17, 15) is 5.11 Å². The van der Waals surface area contributed by atoms with E-state index in [4.69, 9.17) is 16.3 Å². The number of halogens is 3. The summed E-state index contributed by atoms with van der Waals surface area (Å²) in [7, 11) is 0. The quantitative estimate of drug-likeness (QED) is 0.405. The second-order valence-corrected chi connectivity index (χ2v) is 6.90. The van der Waals surface area contributed by atoms with Crippen molar-refractivity contribution >= 4 is 43.5 Å². The third-order valence-electron chi connectivity index (χ3n) is 3.25. The number of ether oxygens (including phenoxy) is 1. The maximum Gasteiger partial charge on any atom is 0.181 e. The zero-order valence-corrected chi connectivity index (χ0v) is 17.3. The van der Waals surface area contributed by atoms with Crippen LogP contribution in [0.1, 0.15) is 11.1 Å². The lowest BCUT2D eigenvalue weighted by Gasteiger charge is -2.10. The molecule has 0 bridgehead atoms. The van der Waals surface area contributed by atoms with Gasteiger partial charge < -0.3 is 9.84 Å². The molecule has 0 spiro atoms. The Morgan fingerprint density at radius 1 is 0.840 bits per heavy atom. The van der Waals surface area contributed by atoms with Crippen LogP contribution in [0.25, 0.3) is 0 Å². The van der Waals surface area contributed by atoms with Crippen LogP contribution in [0.3, 0.4) is 0 Å². The van der Waals surface area contributed by atoms with Gasteiger partial charge in [-0.25, -0.2) is 0 Å². The van der Waals surface area contributed by atoms with Gasteiger partial charge in [-0.1, -0.05) is 88.2 Å². The van der Waals surface area contributed by atoms with Crippen LogP contribution < -0.4 is 4.74 Å². The molecule has 1 N–H and O–H groups in total. The van der Waals surface area contributed by atoms with E-state index < -0.39 is 0 Å². The van der Waals surface area contributed by atoms with E-state index in [2.05, 4.69) is 44.0 Å². The number of hydrogen-bond donors (Lipinski definition) is 1. The van der Waals surface area contributed by atoms with Crippen LogP contribution in [-0.4, -0.2) is 5.11 Å². The molecule has 0 aliphatic heterocycles. The van der Waals surface area contributed by atoms with Crippen molar-refractivity contribution in [1.29, 1.82) is 0 Å². The van der Waals surface area contributed by atoms with Gasteiger partial charge >= 0.3 is 0 Å². The second-order valence-electron chi connectivity index (χ2n) is 5.10. The Balaban J connectivity index is 0.000000236. The molecule has 0 fully saturated rings. The number of hydrogen-bond acceptors (Lipinski definition) is 2. The number of rotatable bonds is 4. The summed E-state index contributed by atoms with van der Waals surface area (Å²) in [4.78, 5) is 0. The van der Waals surface area contributed by atoms with Crippen molar-refractivity contribution in [2.45, 2.75) is 11.9 Å². The lowest BCUT2D eigenvalue weighted by Crippen LogP contribution is -1.96. The summed E-state index contributed by atoms with van der Waals surface area (Å²) >= 11 is 12.7. The summed E-state index contributed by atoms with van der Waals surface area (Å²) in [5, 5.41) is 11.0. The highest BCUT2D eigenvalue weighted by Gasteiger charge is 2.11. The zero-order valence-electron chi connectivity index (χ0n) is 13.3. The fraction of sp³-hybridized carbons (Fsp3) is 0.100. The van der Waals surface area contributed by atoms with Crippen LogP contribution in [0, 0.1) is 0 Å². The van der Waals surface area contributed by atoms with Gasteiger partial charge in [-0.15, -0.1) is 0 Å². The van der Waals surface area contributed by atoms with Crippen LogP contribution >= 0.6 is 43.5 Å². The van der Waals surface area contributed by atoms with Crippen molar-refractivity contribution < 1.29 is 9.84 Å². The Morgan fingerprint density at radius 3 is 1.92 bits per heavy atom.